The van der Waals surface area contributed by atoms with Gasteiger partial charge in [0, 0.05) is 28.3 Å². The second-order valence-corrected chi connectivity index (χ2v) is 9.18. The Morgan fingerprint density at radius 3 is 2.65 bits per heavy atom. The quantitative estimate of drug-likeness (QED) is 0.288. The van der Waals surface area contributed by atoms with E-state index in [1.54, 1.807) is 6.08 Å². The number of hydrogen-bond acceptors (Lipinski definition) is 5. The van der Waals surface area contributed by atoms with Crippen LogP contribution in [-0.2, 0) is 9.53 Å². The summed E-state index contributed by atoms with van der Waals surface area (Å²) in [7, 11) is 1.35. The summed E-state index contributed by atoms with van der Waals surface area (Å²) in [6, 6.07) is 11.3. The van der Waals surface area contributed by atoms with Crippen LogP contribution >= 0.6 is 38.5 Å². The van der Waals surface area contributed by atoms with E-state index in [4.69, 9.17) is 9.47 Å². The molecule has 0 aromatic heterocycles. The molecule has 31 heavy (non-hydrogen) atoms. The molecule has 1 heterocycles. The molecule has 2 aromatic rings. The van der Waals surface area contributed by atoms with E-state index in [1.807, 2.05) is 43.3 Å². The van der Waals surface area contributed by atoms with Crippen molar-refractivity contribution in [2.75, 3.05) is 13.7 Å². The van der Waals surface area contributed by atoms with Gasteiger partial charge in [-0.1, -0.05) is 36.9 Å². The Morgan fingerprint density at radius 1 is 1.29 bits per heavy atom. The van der Waals surface area contributed by atoms with Crippen LogP contribution in [0.3, 0.4) is 0 Å². The summed E-state index contributed by atoms with van der Waals surface area (Å²) in [5.41, 5.74) is 4.66. The van der Waals surface area contributed by atoms with Crippen molar-refractivity contribution in [3.63, 3.8) is 0 Å². The van der Waals surface area contributed by atoms with E-state index in [1.165, 1.54) is 7.11 Å². The van der Waals surface area contributed by atoms with Gasteiger partial charge in [0.2, 0.25) is 0 Å². The van der Waals surface area contributed by atoms with Gasteiger partial charge in [-0.25, -0.2) is 4.79 Å². The van der Waals surface area contributed by atoms with E-state index in [-0.39, 0.29) is 5.78 Å². The number of Topliss-reactive ketones (excluding diaryl/α,β-unsaturated/α-hetero) is 1. The van der Waals surface area contributed by atoms with Crippen LogP contribution in [-0.4, -0.2) is 25.5 Å². The molecule has 0 saturated heterocycles. The molecule has 4 rings (SSSR count). The lowest BCUT2D eigenvalue weighted by molar-refractivity contribution is -0.136. The highest BCUT2D eigenvalue weighted by atomic mass is 127. The topological polar surface area (TPSA) is 64.6 Å². The van der Waals surface area contributed by atoms with E-state index in [0.717, 1.165) is 24.9 Å². The highest BCUT2D eigenvalue weighted by Crippen LogP contribution is 2.48. The summed E-state index contributed by atoms with van der Waals surface area (Å²) in [6.07, 6.45) is 1.68. The van der Waals surface area contributed by atoms with Crippen molar-refractivity contribution in [3.05, 3.63) is 90.6 Å². The maximum absolute atomic E-state index is 13.4. The maximum atomic E-state index is 13.4. The summed E-state index contributed by atoms with van der Waals surface area (Å²) in [5, 5.41) is 3.29. The molecule has 1 aliphatic heterocycles. The molecule has 7 heteroatoms. The molecular weight excluding hydrogens is 573 g/mol. The number of hydrogen-bond donors (Lipinski definition) is 1. The van der Waals surface area contributed by atoms with Crippen molar-refractivity contribution in [2.24, 2.45) is 0 Å². The monoisotopic (exact) mass is 591 g/mol. The minimum absolute atomic E-state index is 0.0879. The number of methoxy groups -OCH3 is 1. The van der Waals surface area contributed by atoms with Crippen LogP contribution in [0.25, 0.3) is 5.70 Å². The van der Waals surface area contributed by atoms with E-state index in [0.29, 0.717) is 34.8 Å². The molecule has 1 aliphatic carbocycles. The first-order valence-corrected chi connectivity index (χ1v) is 11.4. The van der Waals surface area contributed by atoms with Crippen molar-refractivity contribution < 1.29 is 19.1 Å². The third-order valence-electron chi connectivity index (χ3n) is 5.35. The number of benzene rings is 2. The molecule has 0 fully saturated rings. The largest absolute Gasteiger partial charge is 0.487 e. The fraction of sp³-hybridized carbons (Fsp3) is 0.167. The van der Waals surface area contributed by atoms with Gasteiger partial charge in [-0.3, -0.25) is 4.79 Å². The highest BCUT2D eigenvalue weighted by molar-refractivity contribution is 14.1. The molecular formula is C24H19BrINO4. The smallest absolute Gasteiger partial charge is 0.336 e. The van der Waals surface area contributed by atoms with Crippen molar-refractivity contribution >= 4 is 56.0 Å². The van der Waals surface area contributed by atoms with Crippen LogP contribution in [0.1, 0.15) is 34.3 Å². The average Bonchev–Trinajstić information content (AvgIpc) is 3.03. The Kier molecular flexibility index (Phi) is 6.07. The average molecular weight is 592 g/mol. The number of carbonyl (C=O) groups is 2. The van der Waals surface area contributed by atoms with Gasteiger partial charge >= 0.3 is 5.97 Å². The number of halogens is 2. The summed E-state index contributed by atoms with van der Waals surface area (Å²) < 4.78 is 12.5. The van der Waals surface area contributed by atoms with Crippen molar-refractivity contribution in [1.82, 2.24) is 5.32 Å². The molecule has 0 saturated carbocycles. The van der Waals surface area contributed by atoms with Gasteiger partial charge in [-0.2, -0.15) is 0 Å². The molecule has 5 nitrogen and oxygen atoms in total. The molecule has 2 aromatic carbocycles. The molecule has 158 valence electrons. The SMILES string of the molecule is C=CCOc1c(Br)cc([C@@H]2C(C(=O)OC)=C(C)NC3=C2C(=O)c2ccccc23)cc1I. The Balaban J connectivity index is 1.92. The number of fused-ring (bicyclic) bond motifs is 2. The number of dihydropyridines is 1. The van der Waals surface area contributed by atoms with E-state index >= 15 is 0 Å². The van der Waals surface area contributed by atoms with Crippen LogP contribution in [0.5, 0.6) is 5.75 Å². The normalized spacial score (nSPS) is 17.2. The number of ether oxygens (including phenoxy) is 2. The number of esters is 1. The Bertz CT molecular complexity index is 1170. The molecule has 0 bridgehead atoms. The zero-order chi connectivity index (χ0) is 22.3. The van der Waals surface area contributed by atoms with Crippen LogP contribution < -0.4 is 10.1 Å². The predicted octanol–water partition coefficient (Wildman–Crippen LogP) is 5.36. The molecule has 0 unspecified atom stereocenters. The molecule has 1 atom stereocenters. The van der Waals surface area contributed by atoms with Crippen molar-refractivity contribution in [1.29, 1.82) is 0 Å². The van der Waals surface area contributed by atoms with Crippen LogP contribution in [0.15, 0.2) is 70.4 Å². The third kappa shape index (κ3) is 3.63. The van der Waals surface area contributed by atoms with Crippen LogP contribution in [0.2, 0.25) is 0 Å². The van der Waals surface area contributed by atoms with Crippen LogP contribution in [0.4, 0.5) is 0 Å². The van der Waals surface area contributed by atoms with Crippen molar-refractivity contribution in [3.8, 4) is 5.75 Å². The maximum Gasteiger partial charge on any atom is 0.336 e. The van der Waals surface area contributed by atoms with Gasteiger partial charge in [0.25, 0.3) is 0 Å². The van der Waals surface area contributed by atoms with Gasteiger partial charge in [0.05, 0.1) is 26.4 Å². The third-order valence-corrected chi connectivity index (χ3v) is 6.74. The zero-order valence-electron chi connectivity index (χ0n) is 16.9. The number of carbonyl (C=O) groups excluding carboxylic acids is 2. The Labute approximate surface area is 202 Å². The Hall–Kier alpha value is -2.39. The molecule has 0 amide bonds. The van der Waals surface area contributed by atoms with E-state index in [2.05, 4.69) is 50.4 Å². The number of allylic oxidation sites excluding steroid dienone is 2. The molecule has 0 radical (unpaired) electrons. The lowest BCUT2D eigenvalue weighted by Gasteiger charge is -2.29. The minimum Gasteiger partial charge on any atom is -0.487 e. The fourth-order valence-corrected chi connectivity index (χ4v) is 5.84. The lowest BCUT2D eigenvalue weighted by Crippen LogP contribution is -2.29. The van der Waals surface area contributed by atoms with Crippen molar-refractivity contribution in [2.45, 2.75) is 12.8 Å². The van der Waals surface area contributed by atoms with E-state index < -0.39 is 11.9 Å². The first-order valence-electron chi connectivity index (χ1n) is 9.56. The molecule has 1 N–H and O–H groups in total. The second-order valence-electron chi connectivity index (χ2n) is 7.17. The first-order chi connectivity index (χ1) is 14.9. The van der Waals surface area contributed by atoms with Gasteiger partial charge in [0.15, 0.2) is 5.78 Å². The summed E-state index contributed by atoms with van der Waals surface area (Å²) >= 11 is 5.78. The lowest BCUT2D eigenvalue weighted by atomic mass is 9.80. The minimum atomic E-state index is -0.568. The molecule has 0 spiro atoms. The standard InChI is InChI=1S/C24H19BrINO4/c1-4-9-31-23-16(25)10-13(11-17(23)26)19-18(24(29)30-3)12(2)27-21-14-7-5-6-8-15(14)22(28)20(19)21/h4-8,10-11,19,27H,1,9H2,2-3H3/t19-/m1/s1. The van der Waals surface area contributed by atoms with Gasteiger partial charge in [-0.05, 0) is 63.1 Å². The first kappa shape index (κ1) is 21.8. The zero-order valence-corrected chi connectivity index (χ0v) is 20.7. The van der Waals surface area contributed by atoms with Gasteiger partial charge in [-0.15, -0.1) is 0 Å². The van der Waals surface area contributed by atoms with Crippen LogP contribution in [0, 0.1) is 3.57 Å². The van der Waals surface area contributed by atoms with Gasteiger partial charge < -0.3 is 14.8 Å². The molecule has 2 aliphatic rings. The Morgan fingerprint density at radius 2 is 2.00 bits per heavy atom. The van der Waals surface area contributed by atoms with E-state index in [9.17, 15) is 9.59 Å². The fourth-order valence-electron chi connectivity index (χ4n) is 4.07. The summed E-state index contributed by atoms with van der Waals surface area (Å²) in [6.45, 7) is 5.89. The summed E-state index contributed by atoms with van der Waals surface area (Å²) in [4.78, 5) is 26.2. The number of nitrogens with one attached hydrogen (secondary N) is 1. The van der Waals surface area contributed by atoms with Gasteiger partial charge in [0.1, 0.15) is 12.4 Å². The predicted molar refractivity (Wildman–Crippen MR) is 131 cm³/mol. The number of rotatable bonds is 5. The second kappa shape index (κ2) is 8.63. The highest BCUT2D eigenvalue weighted by Gasteiger charge is 2.43. The number of ketones is 1. The summed E-state index contributed by atoms with van der Waals surface area (Å²) in [5.74, 6) is -0.436.